The summed E-state index contributed by atoms with van der Waals surface area (Å²) >= 11 is 0. The number of aromatic nitrogens is 3. The summed E-state index contributed by atoms with van der Waals surface area (Å²) in [6, 6.07) is 13.0. The highest BCUT2D eigenvalue weighted by Crippen LogP contribution is 2.50. The number of aliphatic carboxylic acids is 1. The second-order valence-electron chi connectivity index (χ2n) is 12.6. The first-order valence-electron chi connectivity index (χ1n) is 15.2. The number of nitrogens with zero attached hydrogens (tertiary/aromatic N) is 3. The number of hydrogen-bond donors (Lipinski definition) is 2. The number of rotatable bonds is 7. The Hall–Kier alpha value is -4.73. The van der Waals surface area contributed by atoms with Crippen LogP contribution in [0.2, 0.25) is 0 Å². The normalized spacial score (nSPS) is 19.2. The summed E-state index contributed by atoms with van der Waals surface area (Å²) in [4.78, 5) is 30.1. The minimum Gasteiger partial charge on any atom is -0.478 e. The van der Waals surface area contributed by atoms with Crippen LogP contribution >= 0.6 is 0 Å². The van der Waals surface area contributed by atoms with Crippen LogP contribution in [-0.2, 0) is 24.4 Å². The fourth-order valence-corrected chi connectivity index (χ4v) is 7.23. The number of carbonyl (C=O) groups excluding carboxylic acids is 1. The van der Waals surface area contributed by atoms with Gasteiger partial charge in [-0.2, -0.15) is 0 Å². The van der Waals surface area contributed by atoms with Crippen molar-refractivity contribution in [2.24, 2.45) is 14.1 Å². The molecule has 2 saturated carbocycles. The van der Waals surface area contributed by atoms with Gasteiger partial charge < -0.3 is 24.0 Å². The summed E-state index contributed by atoms with van der Waals surface area (Å²) in [5.41, 5.74) is 5.76. The van der Waals surface area contributed by atoms with Crippen molar-refractivity contribution in [1.82, 2.24) is 19.4 Å². The van der Waals surface area contributed by atoms with Crippen molar-refractivity contribution in [3.05, 3.63) is 83.1 Å². The number of benzene rings is 2. The molecule has 3 heterocycles. The van der Waals surface area contributed by atoms with Crippen LogP contribution in [0.4, 0.5) is 8.78 Å². The largest absolute Gasteiger partial charge is 0.478 e. The SMILES string of the molecule is C/C(=C\c1ccc2nc(C3(NC(=O)c4ccc5c(C6CCC(F)(F)C6)c(-c6ccoc6)n(C)c5c4)CCC3)n(C)c2c1)C(=O)O. The van der Waals surface area contributed by atoms with E-state index in [1.165, 1.54) is 0 Å². The van der Waals surface area contributed by atoms with Gasteiger partial charge in [-0.1, -0.05) is 12.1 Å². The van der Waals surface area contributed by atoms with Gasteiger partial charge in [-0.05, 0) is 86.1 Å². The maximum absolute atomic E-state index is 14.4. The third kappa shape index (κ3) is 4.83. The van der Waals surface area contributed by atoms with Crippen molar-refractivity contribution in [2.75, 3.05) is 0 Å². The van der Waals surface area contributed by atoms with Crippen LogP contribution in [0.5, 0.6) is 0 Å². The summed E-state index contributed by atoms with van der Waals surface area (Å²) in [6.45, 7) is 1.55. The average molecular weight is 613 g/mol. The molecule has 232 valence electrons. The Bertz CT molecular complexity index is 2010. The van der Waals surface area contributed by atoms with Crippen molar-refractivity contribution < 1.29 is 27.9 Å². The first-order chi connectivity index (χ1) is 21.5. The molecule has 3 aromatic heterocycles. The minimum absolute atomic E-state index is 0.135. The number of alkyl halides is 2. The van der Waals surface area contributed by atoms with E-state index in [-0.39, 0.29) is 30.2 Å². The van der Waals surface area contributed by atoms with E-state index in [0.29, 0.717) is 12.0 Å². The molecule has 2 aliphatic rings. The van der Waals surface area contributed by atoms with E-state index in [9.17, 15) is 23.5 Å². The number of carboxylic acid groups (broad SMARTS) is 1. The first-order valence-corrected chi connectivity index (χ1v) is 15.2. The Morgan fingerprint density at radius 3 is 2.51 bits per heavy atom. The van der Waals surface area contributed by atoms with Crippen LogP contribution in [0.25, 0.3) is 39.3 Å². The van der Waals surface area contributed by atoms with Crippen LogP contribution in [0, 0.1) is 0 Å². The molecule has 0 spiro atoms. The summed E-state index contributed by atoms with van der Waals surface area (Å²) in [6.07, 6.45) is 7.30. The number of nitrogens with one attached hydrogen (secondary N) is 1. The monoisotopic (exact) mass is 612 g/mol. The molecule has 2 N–H and O–H groups in total. The zero-order chi connectivity index (χ0) is 31.7. The molecule has 1 unspecified atom stereocenters. The van der Waals surface area contributed by atoms with E-state index >= 15 is 0 Å². The molecule has 10 heteroatoms. The van der Waals surface area contributed by atoms with Crippen molar-refractivity contribution in [1.29, 1.82) is 0 Å². The second kappa shape index (κ2) is 10.4. The lowest BCUT2D eigenvalue weighted by molar-refractivity contribution is -0.132. The van der Waals surface area contributed by atoms with Gasteiger partial charge in [-0.25, -0.2) is 18.6 Å². The number of fused-ring (bicyclic) bond motifs is 2. The fraction of sp³-hybridized carbons (Fsp3) is 0.343. The molecule has 45 heavy (non-hydrogen) atoms. The van der Waals surface area contributed by atoms with Crippen LogP contribution in [0.1, 0.15) is 78.7 Å². The van der Waals surface area contributed by atoms with Gasteiger partial charge in [-0.3, -0.25) is 4.79 Å². The summed E-state index contributed by atoms with van der Waals surface area (Å²) in [7, 11) is 3.81. The zero-order valence-electron chi connectivity index (χ0n) is 25.4. The number of carboxylic acids is 1. The number of halogens is 2. The Kier molecular flexibility index (Phi) is 6.72. The topological polar surface area (TPSA) is 102 Å². The van der Waals surface area contributed by atoms with Crippen LogP contribution in [0.15, 0.2) is 65.0 Å². The standard InChI is InChI=1S/C35H34F2N4O4/c1-20(32(43)44)15-21-5-8-26-28(16-21)41(3)33(38-26)34(11-4-12-34)39-31(42)22-6-7-25-27(17-22)40(2)30(24-10-14-45-19-24)29(25)23-9-13-35(36,37)18-23/h5-8,10,14-17,19,23H,4,9,11-13,18H2,1-3H3,(H,39,42)(H,43,44)/b20-15+. The maximum atomic E-state index is 14.4. The predicted octanol–water partition coefficient (Wildman–Crippen LogP) is 7.52. The van der Waals surface area contributed by atoms with E-state index in [2.05, 4.69) is 5.32 Å². The lowest BCUT2D eigenvalue weighted by Gasteiger charge is -2.41. The highest BCUT2D eigenvalue weighted by Gasteiger charge is 2.45. The van der Waals surface area contributed by atoms with Crippen LogP contribution < -0.4 is 5.32 Å². The molecule has 1 atom stereocenters. The zero-order valence-corrected chi connectivity index (χ0v) is 25.4. The van der Waals surface area contributed by atoms with Gasteiger partial charge in [0.2, 0.25) is 5.92 Å². The first kappa shape index (κ1) is 29.0. The van der Waals surface area contributed by atoms with E-state index in [1.54, 1.807) is 31.6 Å². The van der Waals surface area contributed by atoms with Gasteiger partial charge in [0.25, 0.3) is 5.91 Å². The van der Waals surface area contributed by atoms with E-state index in [0.717, 1.165) is 69.4 Å². The Balaban J connectivity index is 1.24. The van der Waals surface area contributed by atoms with Gasteiger partial charge in [-0.15, -0.1) is 0 Å². The highest BCUT2D eigenvalue weighted by atomic mass is 19.3. The van der Waals surface area contributed by atoms with Gasteiger partial charge in [0.05, 0.1) is 34.8 Å². The number of carbonyl (C=O) groups is 2. The van der Waals surface area contributed by atoms with E-state index in [1.807, 2.05) is 59.6 Å². The smallest absolute Gasteiger partial charge is 0.331 e. The van der Waals surface area contributed by atoms with Gasteiger partial charge in [0.1, 0.15) is 5.82 Å². The van der Waals surface area contributed by atoms with E-state index in [4.69, 9.17) is 9.40 Å². The molecule has 2 aromatic carbocycles. The van der Waals surface area contributed by atoms with Crippen LogP contribution in [0.3, 0.4) is 0 Å². The molecule has 0 bridgehead atoms. The molecule has 0 saturated heterocycles. The summed E-state index contributed by atoms with van der Waals surface area (Å²) in [5, 5.41) is 13.4. The van der Waals surface area contributed by atoms with E-state index < -0.39 is 17.4 Å². The molecule has 2 aliphatic carbocycles. The number of furan rings is 1. The second-order valence-corrected chi connectivity index (χ2v) is 12.6. The predicted molar refractivity (Wildman–Crippen MR) is 167 cm³/mol. The quantitative estimate of drug-likeness (QED) is 0.185. The number of imidazole rings is 1. The van der Waals surface area contributed by atoms with Crippen molar-refractivity contribution in [3.63, 3.8) is 0 Å². The lowest BCUT2D eigenvalue weighted by Crippen LogP contribution is -2.52. The molecule has 7 rings (SSSR count). The highest BCUT2D eigenvalue weighted by molar-refractivity contribution is 6.01. The molecule has 0 radical (unpaired) electrons. The van der Waals surface area contributed by atoms with Crippen molar-refractivity contribution in [3.8, 4) is 11.3 Å². The fourth-order valence-electron chi connectivity index (χ4n) is 7.23. The van der Waals surface area contributed by atoms with Crippen LogP contribution in [-0.4, -0.2) is 37.0 Å². The Morgan fingerprint density at radius 1 is 1.07 bits per heavy atom. The average Bonchev–Trinajstić information content (AvgIpc) is 3.76. The number of hydrogen-bond acceptors (Lipinski definition) is 4. The number of amides is 1. The lowest BCUT2D eigenvalue weighted by atomic mass is 9.75. The third-order valence-electron chi connectivity index (χ3n) is 9.72. The molecular weight excluding hydrogens is 578 g/mol. The Morgan fingerprint density at radius 2 is 1.87 bits per heavy atom. The van der Waals surface area contributed by atoms with Gasteiger partial charge >= 0.3 is 5.97 Å². The maximum Gasteiger partial charge on any atom is 0.331 e. The minimum atomic E-state index is -2.69. The molecule has 0 aliphatic heterocycles. The number of aryl methyl sites for hydroxylation is 2. The summed E-state index contributed by atoms with van der Waals surface area (Å²) in [5.74, 6) is -3.44. The Labute approximate surface area is 258 Å². The molecule has 2 fully saturated rings. The molecule has 5 aromatic rings. The molecule has 8 nitrogen and oxygen atoms in total. The van der Waals surface area contributed by atoms with Gasteiger partial charge in [0, 0.05) is 54.5 Å². The van der Waals surface area contributed by atoms with Crippen molar-refractivity contribution in [2.45, 2.75) is 62.8 Å². The van der Waals surface area contributed by atoms with Crippen molar-refractivity contribution >= 4 is 39.9 Å². The summed E-state index contributed by atoms with van der Waals surface area (Å²) < 4.78 is 38.0. The molecular formula is C35H34F2N4O4. The van der Waals surface area contributed by atoms with Gasteiger partial charge in [0.15, 0.2) is 0 Å². The molecule has 1 amide bonds. The third-order valence-corrected chi connectivity index (χ3v) is 9.72.